The number of furan rings is 1. The fourth-order valence-corrected chi connectivity index (χ4v) is 3.24. The number of fused-ring (bicyclic) bond motifs is 1. The van der Waals surface area contributed by atoms with Crippen LogP contribution in [0.3, 0.4) is 0 Å². The standard InChI is InChI=1S/C22H14ClN3O3/c1-12-2-6-18-19(8-12)26-21(25-18)14(11-24)9-15-4-7-20(29-15)13-3-5-16(22(27)28)17(23)10-13/h2-10H,1H3,(H,25,26)(H,27,28). The number of hydrogen-bond donors (Lipinski definition) is 2. The monoisotopic (exact) mass is 403 g/mol. The maximum absolute atomic E-state index is 11.1. The maximum atomic E-state index is 11.1. The number of rotatable bonds is 4. The van der Waals surface area contributed by atoms with Crippen LogP contribution in [-0.2, 0) is 0 Å². The van der Waals surface area contributed by atoms with Crippen LogP contribution in [0.5, 0.6) is 0 Å². The molecule has 0 unspecified atom stereocenters. The number of nitrogens with zero attached hydrogens (tertiary/aromatic N) is 2. The quantitative estimate of drug-likeness (QED) is 0.435. The highest BCUT2D eigenvalue weighted by atomic mass is 35.5. The number of H-pyrrole nitrogens is 1. The molecule has 2 aromatic heterocycles. The number of halogens is 1. The summed E-state index contributed by atoms with van der Waals surface area (Å²) in [6.45, 7) is 1.99. The first kappa shape index (κ1) is 18.5. The summed E-state index contributed by atoms with van der Waals surface area (Å²) in [5, 5.41) is 18.8. The van der Waals surface area contributed by atoms with E-state index in [4.69, 9.17) is 21.1 Å². The number of aromatic carboxylic acids is 1. The number of aromatic amines is 1. The van der Waals surface area contributed by atoms with Crippen LogP contribution in [0.15, 0.2) is 52.9 Å². The number of carboxylic acid groups (broad SMARTS) is 1. The zero-order valence-electron chi connectivity index (χ0n) is 15.2. The van der Waals surface area contributed by atoms with E-state index in [0.29, 0.717) is 28.5 Å². The Balaban J connectivity index is 1.67. The molecule has 0 bridgehead atoms. The lowest BCUT2D eigenvalue weighted by Crippen LogP contribution is -1.96. The second-order valence-electron chi connectivity index (χ2n) is 6.48. The van der Waals surface area contributed by atoms with E-state index in [9.17, 15) is 10.1 Å². The molecule has 0 fully saturated rings. The highest BCUT2D eigenvalue weighted by Crippen LogP contribution is 2.29. The molecule has 0 aliphatic heterocycles. The number of aromatic nitrogens is 2. The van der Waals surface area contributed by atoms with Crippen molar-refractivity contribution in [1.29, 1.82) is 5.26 Å². The zero-order chi connectivity index (χ0) is 20.5. The SMILES string of the molecule is Cc1ccc2nc(C(C#N)=Cc3ccc(-c4ccc(C(=O)O)c(Cl)c4)o3)[nH]c2c1. The van der Waals surface area contributed by atoms with Gasteiger partial charge in [-0.1, -0.05) is 23.7 Å². The van der Waals surface area contributed by atoms with Crippen molar-refractivity contribution in [3.63, 3.8) is 0 Å². The molecule has 2 aromatic carbocycles. The Hall–Kier alpha value is -3.82. The molecule has 0 aliphatic carbocycles. The summed E-state index contributed by atoms with van der Waals surface area (Å²) < 4.78 is 5.80. The number of allylic oxidation sites excluding steroid dienone is 1. The predicted octanol–water partition coefficient (Wildman–Crippen LogP) is 5.55. The van der Waals surface area contributed by atoms with E-state index in [-0.39, 0.29) is 10.6 Å². The van der Waals surface area contributed by atoms with Crippen molar-refractivity contribution < 1.29 is 14.3 Å². The van der Waals surface area contributed by atoms with Crippen LogP contribution in [0.1, 0.15) is 27.5 Å². The molecule has 0 atom stereocenters. The Morgan fingerprint density at radius 2 is 2.07 bits per heavy atom. The van der Waals surface area contributed by atoms with Crippen LogP contribution in [0, 0.1) is 18.3 Å². The van der Waals surface area contributed by atoms with Crippen LogP contribution < -0.4 is 0 Å². The zero-order valence-corrected chi connectivity index (χ0v) is 16.0. The number of imidazole rings is 1. The highest BCUT2D eigenvalue weighted by molar-refractivity contribution is 6.33. The molecule has 0 amide bonds. The molecule has 0 radical (unpaired) electrons. The summed E-state index contributed by atoms with van der Waals surface area (Å²) in [6.07, 6.45) is 1.60. The topological polar surface area (TPSA) is 103 Å². The van der Waals surface area contributed by atoms with Crippen molar-refractivity contribution in [2.75, 3.05) is 0 Å². The molecule has 6 nitrogen and oxygen atoms in total. The Morgan fingerprint density at radius 3 is 2.79 bits per heavy atom. The minimum Gasteiger partial charge on any atom is -0.478 e. The summed E-state index contributed by atoms with van der Waals surface area (Å²) in [4.78, 5) is 18.7. The van der Waals surface area contributed by atoms with Crippen molar-refractivity contribution in [1.82, 2.24) is 9.97 Å². The van der Waals surface area contributed by atoms with Gasteiger partial charge >= 0.3 is 5.97 Å². The molecular formula is C22H14ClN3O3. The van der Waals surface area contributed by atoms with Crippen LogP contribution >= 0.6 is 11.6 Å². The minimum absolute atomic E-state index is 0.0222. The van der Waals surface area contributed by atoms with Gasteiger partial charge in [0.05, 0.1) is 27.2 Å². The average Bonchev–Trinajstić information content (AvgIpc) is 3.32. The molecule has 0 aliphatic rings. The van der Waals surface area contributed by atoms with Crippen LogP contribution in [-0.4, -0.2) is 21.0 Å². The predicted molar refractivity (Wildman–Crippen MR) is 110 cm³/mol. The molecule has 2 heterocycles. The third kappa shape index (κ3) is 3.64. The lowest BCUT2D eigenvalue weighted by Gasteiger charge is -2.01. The van der Waals surface area contributed by atoms with Crippen LogP contribution in [0.4, 0.5) is 0 Å². The van der Waals surface area contributed by atoms with Crippen LogP contribution in [0.2, 0.25) is 5.02 Å². The van der Waals surface area contributed by atoms with Gasteiger partial charge in [-0.2, -0.15) is 5.26 Å². The van der Waals surface area contributed by atoms with Crippen molar-refractivity contribution in [3.05, 3.63) is 76.3 Å². The lowest BCUT2D eigenvalue weighted by atomic mass is 10.1. The van der Waals surface area contributed by atoms with Gasteiger partial charge in [0.15, 0.2) is 0 Å². The number of benzene rings is 2. The number of nitriles is 1. The fraction of sp³-hybridized carbons (Fsp3) is 0.0455. The Labute approximate surface area is 170 Å². The molecule has 29 heavy (non-hydrogen) atoms. The summed E-state index contributed by atoms with van der Waals surface area (Å²) in [5.41, 5.74) is 3.72. The Bertz CT molecular complexity index is 1320. The van der Waals surface area contributed by atoms with Gasteiger partial charge in [-0.15, -0.1) is 0 Å². The third-order valence-corrected chi connectivity index (χ3v) is 4.72. The van der Waals surface area contributed by atoms with E-state index in [2.05, 4.69) is 16.0 Å². The summed E-state index contributed by atoms with van der Waals surface area (Å²) >= 11 is 6.03. The van der Waals surface area contributed by atoms with E-state index in [1.807, 2.05) is 25.1 Å². The van der Waals surface area contributed by atoms with E-state index >= 15 is 0 Å². The van der Waals surface area contributed by atoms with Gasteiger partial charge in [0.25, 0.3) is 0 Å². The largest absolute Gasteiger partial charge is 0.478 e. The Morgan fingerprint density at radius 1 is 1.24 bits per heavy atom. The van der Waals surface area contributed by atoms with E-state index in [1.165, 1.54) is 12.1 Å². The fourth-order valence-electron chi connectivity index (χ4n) is 2.97. The molecular weight excluding hydrogens is 390 g/mol. The van der Waals surface area contributed by atoms with Crippen molar-refractivity contribution in [2.24, 2.45) is 0 Å². The van der Waals surface area contributed by atoms with Crippen molar-refractivity contribution >= 4 is 40.3 Å². The number of carboxylic acids is 1. The van der Waals surface area contributed by atoms with Gasteiger partial charge in [0, 0.05) is 11.6 Å². The van der Waals surface area contributed by atoms with Gasteiger partial charge in [0.2, 0.25) is 0 Å². The average molecular weight is 404 g/mol. The summed E-state index contributed by atoms with van der Waals surface area (Å²) in [7, 11) is 0. The highest BCUT2D eigenvalue weighted by Gasteiger charge is 2.13. The van der Waals surface area contributed by atoms with Crippen LogP contribution in [0.25, 0.3) is 34.0 Å². The molecule has 4 aromatic rings. The van der Waals surface area contributed by atoms with E-state index in [0.717, 1.165) is 16.6 Å². The van der Waals surface area contributed by atoms with Gasteiger partial charge in [-0.05, 0) is 48.9 Å². The number of hydrogen-bond acceptors (Lipinski definition) is 4. The maximum Gasteiger partial charge on any atom is 0.337 e. The lowest BCUT2D eigenvalue weighted by molar-refractivity contribution is 0.0697. The van der Waals surface area contributed by atoms with Gasteiger partial charge in [-0.25, -0.2) is 9.78 Å². The number of aryl methyl sites for hydroxylation is 1. The molecule has 2 N–H and O–H groups in total. The van der Waals surface area contributed by atoms with Crippen molar-refractivity contribution in [2.45, 2.75) is 6.92 Å². The Kier molecular flexibility index (Phi) is 4.67. The minimum atomic E-state index is -1.09. The molecule has 4 rings (SSSR count). The number of nitrogens with one attached hydrogen (secondary N) is 1. The van der Waals surface area contributed by atoms with Gasteiger partial charge in [-0.3, -0.25) is 0 Å². The van der Waals surface area contributed by atoms with Gasteiger partial charge in [0.1, 0.15) is 23.4 Å². The smallest absolute Gasteiger partial charge is 0.337 e. The number of carbonyl (C=O) groups is 1. The first-order valence-electron chi connectivity index (χ1n) is 8.66. The first-order chi connectivity index (χ1) is 13.9. The molecule has 0 saturated carbocycles. The normalized spacial score (nSPS) is 11.6. The molecule has 142 valence electrons. The molecule has 0 spiro atoms. The third-order valence-electron chi connectivity index (χ3n) is 4.41. The first-order valence-corrected chi connectivity index (χ1v) is 9.04. The van der Waals surface area contributed by atoms with E-state index < -0.39 is 5.97 Å². The summed E-state index contributed by atoms with van der Waals surface area (Å²) in [6, 6.07) is 16.0. The van der Waals surface area contributed by atoms with Crippen molar-refractivity contribution in [3.8, 4) is 17.4 Å². The molecule has 7 heteroatoms. The summed E-state index contributed by atoms with van der Waals surface area (Å²) in [5.74, 6) is 0.337. The second kappa shape index (κ2) is 7.30. The van der Waals surface area contributed by atoms with Gasteiger partial charge < -0.3 is 14.5 Å². The second-order valence-corrected chi connectivity index (χ2v) is 6.88. The molecule has 0 saturated heterocycles. The van der Waals surface area contributed by atoms with E-state index in [1.54, 1.807) is 24.3 Å².